The predicted molar refractivity (Wildman–Crippen MR) is 118 cm³/mol. The van der Waals surface area contributed by atoms with Crippen LogP contribution in [0.5, 0.6) is 0 Å². The third kappa shape index (κ3) is 4.96. The molecule has 0 unspecified atom stereocenters. The molecule has 1 amide bonds. The minimum atomic E-state index is -0.219. The van der Waals surface area contributed by atoms with E-state index in [1.165, 1.54) is 17.3 Å². The molecule has 1 aromatic heterocycles. The van der Waals surface area contributed by atoms with Crippen LogP contribution in [0.1, 0.15) is 61.0 Å². The number of hydrogen-bond donors (Lipinski definition) is 0. The van der Waals surface area contributed by atoms with Crippen LogP contribution in [0.25, 0.3) is 11.4 Å². The highest BCUT2D eigenvalue weighted by Crippen LogP contribution is 2.29. The molecule has 0 saturated heterocycles. The highest BCUT2D eigenvalue weighted by atomic mass is 32.2. The van der Waals surface area contributed by atoms with Crippen molar-refractivity contribution in [3.8, 4) is 11.4 Å². The first-order valence-corrected chi connectivity index (χ1v) is 10.8. The lowest BCUT2D eigenvalue weighted by Gasteiger charge is -2.32. The summed E-state index contributed by atoms with van der Waals surface area (Å²) in [6.07, 6.45) is 0. The van der Waals surface area contributed by atoms with Gasteiger partial charge in [-0.15, -0.1) is 10.2 Å². The summed E-state index contributed by atoms with van der Waals surface area (Å²) in [5, 5.41) is 9.25. The standard InChI is InChI=1S/C22H34N4OS/c1-14(2)26(15(3)4)20(27)16(5)28-21-24-23-19(25(21)9)17-10-12-18(13-11-17)22(6,7)8/h10-16H,1-9H3/t16-/m0/s1. The van der Waals surface area contributed by atoms with Gasteiger partial charge in [-0.1, -0.05) is 56.8 Å². The van der Waals surface area contributed by atoms with E-state index >= 15 is 0 Å². The molecule has 2 aromatic rings. The molecule has 0 aliphatic carbocycles. The van der Waals surface area contributed by atoms with Crippen LogP contribution in [0.4, 0.5) is 0 Å². The topological polar surface area (TPSA) is 51.0 Å². The fraction of sp³-hybridized carbons (Fsp3) is 0.591. The quantitative estimate of drug-likeness (QED) is 0.645. The SMILES string of the molecule is CC(C)N(C(=O)[C@H](C)Sc1nnc(-c2ccc(C(C)(C)C)cc2)n1C)C(C)C. The van der Waals surface area contributed by atoms with Gasteiger partial charge in [0.15, 0.2) is 11.0 Å². The number of benzene rings is 1. The Kier molecular flexibility index (Phi) is 6.97. The van der Waals surface area contributed by atoms with Gasteiger partial charge < -0.3 is 9.47 Å². The summed E-state index contributed by atoms with van der Waals surface area (Å²) in [6, 6.07) is 8.82. The van der Waals surface area contributed by atoms with Crippen molar-refractivity contribution in [2.24, 2.45) is 7.05 Å². The Morgan fingerprint density at radius 3 is 2.00 bits per heavy atom. The van der Waals surface area contributed by atoms with Gasteiger partial charge in [-0.2, -0.15) is 0 Å². The summed E-state index contributed by atoms with van der Waals surface area (Å²) in [5.41, 5.74) is 2.43. The number of nitrogens with zero attached hydrogens (tertiary/aromatic N) is 4. The van der Waals surface area contributed by atoms with Crippen LogP contribution < -0.4 is 0 Å². The third-order valence-electron chi connectivity index (χ3n) is 4.84. The number of aromatic nitrogens is 3. The molecule has 5 nitrogen and oxygen atoms in total. The zero-order chi connectivity index (χ0) is 21.2. The number of rotatable bonds is 6. The number of hydrogen-bond acceptors (Lipinski definition) is 4. The summed E-state index contributed by atoms with van der Waals surface area (Å²) in [5.74, 6) is 0.946. The molecule has 0 aliphatic rings. The summed E-state index contributed by atoms with van der Waals surface area (Å²) < 4.78 is 1.97. The van der Waals surface area contributed by atoms with Crippen molar-refractivity contribution in [1.82, 2.24) is 19.7 Å². The zero-order valence-electron chi connectivity index (χ0n) is 18.6. The number of thioether (sulfide) groups is 1. The van der Waals surface area contributed by atoms with Gasteiger partial charge in [-0.3, -0.25) is 4.79 Å². The van der Waals surface area contributed by atoms with Crippen molar-refractivity contribution in [3.05, 3.63) is 29.8 Å². The van der Waals surface area contributed by atoms with Gasteiger partial charge >= 0.3 is 0 Å². The Bertz CT molecular complexity index is 795. The van der Waals surface area contributed by atoms with Crippen LogP contribution in [0.3, 0.4) is 0 Å². The van der Waals surface area contributed by atoms with Crippen LogP contribution in [-0.4, -0.2) is 42.9 Å². The van der Waals surface area contributed by atoms with Crippen LogP contribution in [0.15, 0.2) is 29.4 Å². The molecule has 6 heteroatoms. The smallest absolute Gasteiger partial charge is 0.236 e. The lowest BCUT2D eigenvalue weighted by molar-refractivity contribution is -0.133. The van der Waals surface area contributed by atoms with E-state index in [0.717, 1.165) is 16.5 Å². The average molecular weight is 403 g/mol. The van der Waals surface area contributed by atoms with E-state index in [2.05, 4.69) is 82.9 Å². The van der Waals surface area contributed by atoms with Gasteiger partial charge in [0.25, 0.3) is 0 Å². The Hall–Kier alpha value is -1.82. The lowest BCUT2D eigenvalue weighted by Crippen LogP contribution is -2.45. The van der Waals surface area contributed by atoms with E-state index in [9.17, 15) is 4.79 Å². The molecule has 28 heavy (non-hydrogen) atoms. The highest BCUT2D eigenvalue weighted by Gasteiger charge is 2.27. The zero-order valence-corrected chi connectivity index (χ0v) is 19.5. The van der Waals surface area contributed by atoms with Crippen LogP contribution in [0.2, 0.25) is 0 Å². The molecule has 0 saturated carbocycles. The fourth-order valence-corrected chi connectivity index (χ4v) is 4.18. The Morgan fingerprint density at radius 1 is 1.00 bits per heavy atom. The van der Waals surface area contributed by atoms with Crippen molar-refractivity contribution in [2.45, 2.75) is 83.3 Å². The normalized spacial score (nSPS) is 13.2. The first-order chi connectivity index (χ1) is 12.9. The maximum atomic E-state index is 12.9. The Morgan fingerprint density at radius 2 is 1.54 bits per heavy atom. The minimum absolute atomic E-state index is 0.119. The third-order valence-corrected chi connectivity index (χ3v) is 5.96. The molecular formula is C22H34N4OS. The van der Waals surface area contributed by atoms with E-state index < -0.39 is 0 Å². The molecule has 1 aromatic carbocycles. The first kappa shape index (κ1) is 22.5. The molecule has 154 valence electrons. The second kappa shape index (κ2) is 8.68. The van der Waals surface area contributed by atoms with Crippen LogP contribution >= 0.6 is 11.8 Å². The van der Waals surface area contributed by atoms with Crippen molar-refractivity contribution in [3.63, 3.8) is 0 Å². The van der Waals surface area contributed by atoms with Gasteiger partial charge in [0.2, 0.25) is 5.91 Å². The molecule has 2 rings (SSSR count). The molecule has 0 fully saturated rings. The molecule has 0 radical (unpaired) electrons. The molecule has 1 heterocycles. The molecule has 0 aliphatic heterocycles. The van der Waals surface area contributed by atoms with E-state index in [4.69, 9.17) is 0 Å². The first-order valence-electron chi connectivity index (χ1n) is 9.92. The van der Waals surface area contributed by atoms with Gasteiger partial charge in [0.05, 0.1) is 5.25 Å². The van der Waals surface area contributed by atoms with Gasteiger partial charge in [0, 0.05) is 24.7 Å². The molecule has 1 atom stereocenters. The van der Waals surface area contributed by atoms with Crippen molar-refractivity contribution < 1.29 is 4.79 Å². The fourth-order valence-electron chi connectivity index (χ4n) is 3.31. The number of amides is 1. The predicted octanol–water partition coefficient (Wildman–Crippen LogP) is 4.91. The summed E-state index contributed by atoms with van der Waals surface area (Å²) in [4.78, 5) is 14.8. The molecular weight excluding hydrogens is 368 g/mol. The van der Waals surface area contributed by atoms with E-state index in [0.29, 0.717) is 0 Å². The minimum Gasteiger partial charge on any atom is -0.337 e. The summed E-state index contributed by atoms with van der Waals surface area (Å²) in [6.45, 7) is 16.8. The van der Waals surface area contributed by atoms with E-state index in [1.54, 1.807) is 0 Å². The lowest BCUT2D eigenvalue weighted by atomic mass is 9.87. The average Bonchev–Trinajstić information content (AvgIpc) is 2.94. The molecule has 0 bridgehead atoms. The molecule has 0 N–H and O–H groups in total. The number of carbonyl (C=O) groups excluding carboxylic acids is 1. The van der Waals surface area contributed by atoms with Crippen molar-refractivity contribution in [1.29, 1.82) is 0 Å². The van der Waals surface area contributed by atoms with Gasteiger partial charge in [-0.05, 0) is 45.6 Å². The van der Waals surface area contributed by atoms with Crippen molar-refractivity contribution in [2.75, 3.05) is 0 Å². The van der Waals surface area contributed by atoms with Crippen LogP contribution in [-0.2, 0) is 17.3 Å². The maximum absolute atomic E-state index is 12.9. The molecule has 0 spiro atoms. The maximum Gasteiger partial charge on any atom is 0.236 e. The van der Waals surface area contributed by atoms with Crippen molar-refractivity contribution >= 4 is 17.7 Å². The highest BCUT2D eigenvalue weighted by molar-refractivity contribution is 8.00. The summed E-state index contributed by atoms with van der Waals surface area (Å²) >= 11 is 1.46. The van der Waals surface area contributed by atoms with Crippen LogP contribution in [0, 0.1) is 0 Å². The van der Waals surface area contributed by atoms with Gasteiger partial charge in [-0.25, -0.2) is 0 Å². The largest absolute Gasteiger partial charge is 0.337 e. The summed E-state index contributed by atoms with van der Waals surface area (Å²) in [7, 11) is 1.95. The number of carbonyl (C=O) groups is 1. The second-order valence-electron chi connectivity index (χ2n) is 8.89. The Labute approximate surface area is 173 Å². The Balaban J connectivity index is 2.20. The van der Waals surface area contributed by atoms with E-state index in [1.807, 2.05) is 23.4 Å². The van der Waals surface area contributed by atoms with Gasteiger partial charge in [0.1, 0.15) is 0 Å². The van der Waals surface area contributed by atoms with E-state index in [-0.39, 0.29) is 28.7 Å². The monoisotopic (exact) mass is 402 g/mol. The second-order valence-corrected chi connectivity index (χ2v) is 10.2.